The monoisotopic (exact) mass is 418 g/mol. The summed E-state index contributed by atoms with van der Waals surface area (Å²) in [5.41, 5.74) is 4.32. The second-order valence-corrected chi connectivity index (χ2v) is 6.73. The Labute approximate surface area is 180 Å². The van der Waals surface area contributed by atoms with Gasteiger partial charge >= 0.3 is 0 Å². The molecule has 0 unspecified atom stereocenters. The van der Waals surface area contributed by atoms with Crippen molar-refractivity contribution in [2.75, 3.05) is 19.8 Å². The summed E-state index contributed by atoms with van der Waals surface area (Å²) in [5.74, 6) is 2.30. The fourth-order valence-corrected chi connectivity index (χ4v) is 2.87. The molecule has 158 valence electrons. The summed E-state index contributed by atoms with van der Waals surface area (Å²) in [7, 11) is 0. The average Bonchev–Trinajstić information content (AvgIpc) is 2.83. The van der Waals surface area contributed by atoms with Gasteiger partial charge in [0.15, 0.2) is 18.1 Å². The van der Waals surface area contributed by atoms with Gasteiger partial charge in [0, 0.05) is 0 Å². The molecular weight excluding hydrogens is 396 g/mol. The molecule has 31 heavy (non-hydrogen) atoms. The second-order valence-electron chi connectivity index (χ2n) is 6.73. The molecule has 0 aromatic heterocycles. The molecule has 1 amide bonds. The average molecular weight is 418 g/mol. The van der Waals surface area contributed by atoms with Crippen LogP contribution in [0.15, 0.2) is 77.9 Å². The Balaban J connectivity index is 1.20. The van der Waals surface area contributed by atoms with E-state index in [9.17, 15) is 4.79 Å². The van der Waals surface area contributed by atoms with Crippen LogP contribution in [-0.2, 0) is 11.4 Å². The molecule has 1 heterocycles. The molecule has 0 bridgehead atoms. The first-order valence-electron chi connectivity index (χ1n) is 9.87. The van der Waals surface area contributed by atoms with Gasteiger partial charge in [0.2, 0.25) is 0 Å². The SMILES string of the molecule is O=C(COc1ccc(OCc2ccccc2)cc1)N/N=C/c1ccc2c(c1)OCCO2. The minimum Gasteiger partial charge on any atom is -0.489 e. The molecule has 7 heteroatoms. The lowest BCUT2D eigenvalue weighted by atomic mass is 10.2. The number of benzene rings is 3. The molecular formula is C24H22N2O5. The number of hydrogen-bond acceptors (Lipinski definition) is 6. The van der Waals surface area contributed by atoms with Gasteiger partial charge in [-0.25, -0.2) is 5.43 Å². The molecule has 1 aliphatic heterocycles. The van der Waals surface area contributed by atoms with E-state index in [4.69, 9.17) is 18.9 Å². The molecule has 0 saturated carbocycles. The first-order chi connectivity index (χ1) is 15.3. The fraction of sp³-hybridized carbons (Fsp3) is 0.167. The Hall–Kier alpha value is -4.00. The van der Waals surface area contributed by atoms with Crippen LogP contribution in [0.1, 0.15) is 11.1 Å². The van der Waals surface area contributed by atoms with Crippen molar-refractivity contribution >= 4 is 12.1 Å². The number of hydrogen-bond donors (Lipinski definition) is 1. The largest absolute Gasteiger partial charge is 0.489 e. The molecule has 4 rings (SSSR count). The number of carbonyl (C=O) groups is 1. The molecule has 3 aromatic rings. The third-order valence-corrected chi connectivity index (χ3v) is 4.41. The van der Waals surface area contributed by atoms with Gasteiger partial charge in [-0.05, 0) is 53.6 Å². The van der Waals surface area contributed by atoms with Gasteiger partial charge < -0.3 is 18.9 Å². The number of amides is 1. The Morgan fingerprint density at radius 3 is 2.39 bits per heavy atom. The predicted molar refractivity (Wildman–Crippen MR) is 116 cm³/mol. The number of hydrazone groups is 1. The van der Waals surface area contributed by atoms with Crippen molar-refractivity contribution in [3.05, 3.63) is 83.9 Å². The van der Waals surface area contributed by atoms with Gasteiger partial charge in [-0.2, -0.15) is 5.10 Å². The summed E-state index contributed by atoms with van der Waals surface area (Å²) in [6.07, 6.45) is 1.54. The highest BCUT2D eigenvalue weighted by molar-refractivity contribution is 5.83. The zero-order valence-electron chi connectivity index (χ0n) is 16.8. The predicted octanol–water partition coefficient (Wildman–Crippen LogP) is 3.57. The zero-order valence-corrected chi connectivity index (χ0v) is 16.8. The van der Waals surface area contributed by atoms with Crippen LogP contribution in [0.4, 0.5) is 0 Å². The van der Waals surface area contributed by atoms with E-state index in [1.165, 1.54) is 6.21 Å². The summed E-state index contributed by atoms with van der Waals surface area (Å²) in [4.78, 5) is 11.9. The van der Waals surface area contributed by atoms with Crippen LogP contribution >= 0.6 is 0 Å². The highest BCUT2D eigenvalue weighted by Gasteiger charge is 2.11. The van der Waals surface area contributed by atoms with Crippen LogP contribution in [0.25, 0.3) is 0 Å². The number of nitrogens with zero attached hydrogens (tertiary/aromatic N) is 1. The smallest absolute Gasteiger partial charge is 0.277 e. The lowest BCUT2D eigenvalue weighted by Crippen LogP contribution is -2.24. The summed E-state index contributed by atoms with van der Waals surface area (Å²) in [6, 6.07) is 22.5. The molecule has 1 N–H and O–H groups in total. The van der Waals surface area contributed by atoms with Gasteiger partial charge in [-0.15, -0.1) is 0 Å². The van der Waals surface area contributed by atoms with Crippen LogP contribution in [0.2, 0.25) is 0 Å². The summed E-state index contributed by atoms with van der Waals surface area (Å²) in [5, 5.41) is 3.95. The number of carbonyl (C=O) groups excluding carboxylic acids is 1. The Morgan fingerprint density at radius 1 is 0.903 bits per heavy atom. The molecule has 0 radical (unpaired) electrons. The highest BCUT2D eigenvalue weighted by atomic mass is 16.6. The third kappa shape index (κ3) is 5.99. The number of ether oxygens (including phenoxy) is 4. The molecule has 0 spiro atoms. The number of nitrogens with one attached hydrogen (secondary N) is 1. The molecule has 0 fully saturated rings. The molecule has 0 saturated heterocycles. The first-order valence-corrected chi connectivity index (χ1v) is 9.87. The van der Waals surface area contributed by atoms with Crippen LogP contribution in [-0.4, -0.2) is 31.9 Å². The Kier molecular flexibility index (Phi) is 6.64. The maximum Gasteiger partial charge on any atom is 0.277 e. The van der Waals surface area contributed by atoms with Crippen molar-refractivity contribution in [2.45, 2.75) is 6.61 Å². The van der Waals surface area contributed by atoms with Gasteiger partial charge in [-0.3, -0.25) is 4.79 Å². The maximum absolute atomic E-state index is 11.9. The van der Waals surface area contributed by atoms with Crippen molar-refractivity contribution in [3.8, 4) is 23.0 Å². The van der Waals surface area contributed by atoms with E-state index in [1.54, 1.807) is 24.3 Å². The zero-order chi connectivity index (χ0) is 21.3. The standard InChI is InChI=1S/C24H22N2O5/c27-24(26-25-15-19-6-11-22-23(14-19)29-13-12-28-22)17-31-21-9-7-20(8-10-21)30-16-18-4-2-1-3-5-18/h1-11,14-15H,12-13,16-17H2,(H,26,27)/b25-15+. The van der Waals surface area contributed by atoms with Crippen LogP contribution in [0.3, 0.4) is 0 Å². The highest BCUT2D eigenvalue weighted by Crippen LogP contribution is 2.30. The van der Waals surface area contributed by atoms with Crippen molar-refractivity contribution in [1.29, 1.82) is 0 Å². The van der Waals surface area contributed by atoms with E-state index in [0.717, 1.165) is 16.9 Å². The molecule has 0 aliphatic carbocycles. The van der Waals surface area contributed by atoms with Gasteiger partial charge in [0.1, 0.15) is 31.3 Å². The topological polar surface area (TPSA) is 78.4 Å². The number of rotatable bonds is 8. The Bertz CT molecular complexity index is 1040. The van der Waals surface area contributed by atoms with E-state index in [2.05, 4.69) is 10.5 Å². The van der Waals surface area contributed by atoms with E-state index in [0.29, 0.717) is 37.1 Å². The fourth-order valence-electron chi connectivity index (χ4n) is 2.87. The Morgan fingerprint density at radius 2 is 1.61 bits per heavy atom. The molecule has 7 nitrogen and oxygen atoms in total. The van der Waals surface area contributed by atoms with Crippen molar-refractivity contribution in [1.82, 2.24) is 5.43 Å². The van der Waals surface area contributed by atoms with Crippen molar-refractivity contribution in [3.63, 3.8) is 0 Å². The normalized spacial score (nSPS) is 12.4. The van der Waals surface area contributed by atoms with Crippen LogP contribution in [0.5, 0.6) is 23.0 Å². The lowest BCUT2D eigenvalue weighted by molar-refractivity contribution is -0.123. The van der Waals surface area contributed by atoms with Crippen LogP contribution < -0.4 is 24.4 Å². The van der Waals surface area contributed by atoms with Crippen molar-refractivity contribution < 1.29 is 23.7 Å². The van der Waals surface area contributed by atoms with E-state index < -0.39 is 0 Å². The van der Waals surface area contributed by atoms with Gasteiger partial charge in [0.25, 0.3) is 5.91 Å². The lowest BCUT2D eigenvalue weighted by Gasteiger charge is -2.18. The molecule has 1 aliphatic rings. The van der Waals surface area contributed by atoms with E-state index >= 15 is 0 Å². The molecule has 3 aromatic carbocycles. The maximum atomic E-state index is 11.9. The molecule has 0 atom stereocenters. The van der Waals surface area contributed by atoms with E-state index in [-0.39, 0.29) is 12.5 Å². The van der Waals surface area contributed by atoms with Gasteiger partial charge in [-0.1, -0.05) is 30.3 Å². The van der Waals surface area contributed by atoms with Crippen LogP contribution in [0, 0.1) is 0 Å². The van der Waals surface area contributed by atoms with Gasteiger partial charge in [0.05, 0.1) is 6.21 Å². The third-order valence-electron chi connectivity index (χ3n) is 4.41. The minimum absolute atomic E-state index is 0.150. The second kappa shape index (κ2) is 10.2. The van der Waals surface area contributed by atoms with Crippen molar-refractivity contribution in [2.24, 2.45) is 5.10 Å². The number of fused-ring (bicyclic) bond motifs is 1. The van der Waals surface area contributed by atoms with E-state index in [1.807, 2.05) is 48.5 Å². The summed E-state index contributed by atoms with van der Waals surface area (Å²) in [6.45, 7) is 1.40. The summed E-state index contributed by atoms with van der Waals surface area (Å²) >= 11 is 0. The first kappa shape index (κ1) is 20.3. The quantitative estimate of drug-likeness (QED) is 0.447. The summed E-state index contributed by atoms with van der Waals surface area (Å²) < 4.78 is 22.2. The minimum atomic E-state index is -0.363.